The Morgan fingerprint density at radius 2 is 0.909 bits per heavy atom. The fourth-order valence-corrected chi connectivity index (χ4v) is 1.05. The first-order valence-corrected chi connectivity index (χ1v) is 5.23. The van der Waals surface area contributed by atoms with Gasteiger partial charge in [-0.15, -0.1) is 0 Å². The van der Waals surface area contributed by atoms with Crippen LogP contribution in [0.25, 0.3) is 0 Å². The Hall–Kier alpha value is -1.82. The number of para-hydroxylation sites is 2. The standard InChI is InChI=1S/C10H8F8N2O2/c11-7(12,13)9(17,19)21-5-3-1-2-4-6(5)22-10(18,20)8(14,15)16/h1-4H,19-20H2. The van der Waals surface area contributed by atoms with Crippen molar-refractivity contribution in [3.8, 4) is 11.5 Å². The van der Waals surface area contributed by atoms with E-state index in [0.717, 1.165) is 12.1 Å². The number of rotatable bonds is 4. The van der Waals surface area contributed by atoms with E-state index < -0.39 is 35.8 Å². The smallest absolute Gasteiger partial charge is 0.435 e. The lowest BCUT2D eigenvalue weighted by Gasteiger charge is -2.27. The zero-order valence-corrected chi connectivity index (χ0v) is 10.3. The lowest BCUT2D eigenvalue weighted by Crippen LogP contribution is -2.55. The molecule has 0 aliphatic carbocycles. The number of hydrogen-bond donors (Lipinski definition) is 2. The summed E-state index contributed by atoms with van der Waals surface area (Å²) in [4.78, 5) is 0. The van der Waals surface area contributed by atoms with Crippen LogP contribution in [-0.2, 0) is 0 Å². The van der Waals surface area contributed by atoms with Crippen molar-refractivity contribution < 1.29 is 44.6 Å². The van der Waals surface area contributed by atoms with E-state index in [1.54, 1.807) is 0 Å². The van der Waals surface area contributed by atoms with E-state index in [4.69, 9.17) is 0 Å². The van der Waals surface area contributed by atoms with Crippen LogP contribution >= 0.6 is 0 Å². The molecule has 0 aliphatic rings. The summed E-state index contributed by atoms with van der Waals surface area (Å²) in [6, 6.07) is 3.07. The molecule has 1 rings (SSSR count). The van der Waals surface area contributed by atoms with Gasteiger partial charge in [-0.25, -0.2) is 0 Å². The van der Waals surface area contributed by atoms with Crippen molar-refractivity contribution in [3.63, 3.8) is 0 Å². The molecule has 2 unspecified atom stereocenters. The lowest BCUT2D eigenvalue weighted by atomic mass is 10.3. The van der Waals surface area contributed by atoms with E-state index >= 15 is 0 Å². The van der Waals surface area contributed by atoms with E-state index in [1.807, 2.05) is 0 Å². The fraction of sp³-hybridized carbons (Fsp3) is 0.400. The van der Waals surface area contributed by atoms with Crippen molar-refractivity contribution in [2.75, 3.05) is 0 Å². The van der Waals surface area contributed by atoms with E-state index in [0.29, 0.717) is 12.1 Å². The van der Waals surface area contributed by atoms with Gasteiger partial charge in [0.15, 0.2) is 11.5 Å². The molecule has 0 saturated carbocycles. The third-order valence-electron chi connectivity index (χ3n) is 2.14. The highest BCUT2D eigenvalue weighted by molar-refractivity contribution is 5.40. The van der Waals surface area contributed by atoms with Crippen LogP contribution in [-0.4, -0.2) is 24.3 Å². The van der Waals surface area contributed by atoms with Gasteiger partial charge < -0.3 is 9.47 Å². The van der Waals surface area contributed by atoms with Crippen molar-refractivity contribution >= 4 is 0 Å². The summed E-state index contributed by atoms with van der Waals surface area (Å²) >= 11 is 0. The Labute approximate surface area is 117 Å². The molecular weight excluding hydrogens is 332 g/mol. The molecule has 1 aromatic carbocycles. The van der Waals surface area contributed by atoms with Crippen LogP contribution in [0.3, 0.4) is 0 Å². The minimum atomic E-state index is -5.71. The Morgan fingerprint density at radius 1 is 0.636 bits per heavy atom. The number of ether oxygens (including phenoxy) is 2. The first-order chi connectivity index (χ1) is 9.67. The summed E-state index contributed by atoms with van der Waals surface area (Å²) in [7, 11) is 0. The van der Waals surface area contributed by atoms with E-state index in [1.165, 1.54) is 0 Å². The van der Waals surface area contributed by atoms with E-state index in [9.17, 15) is 35.1 Å². The molecule has 0 spiro atoms. The van der Waals surface area contributed by atoms with Crippen molar-refractivity contribution in [2.24, 2.45) is 11.5 Å². The van der Waals surface area contributed by atoms with Crippen LogP contribution in [0, 0.1) is 0 Å². The predicted octanol–water partition coefficient (Wildman–Crippen LogP) is 2.73. The van der Waals surface area contributed by atoms with Gasteiger partial charge in [0.25, 0.3) is 0 Å². The average molecular weight is 340 g/mol. The summed E-state index contributed by atoms with van der Waals surface area (Å²) in [6.07, 6.45) is -11.4. The van der Waals surface area contributed by atoms with Crippen LogP contribution in [0.4, 0.5) is 35.1 Å². The fourth-order valence-electron chi connectivity index (χ4n) is 1.05. The van der Waals surface area contributed by atoms with Gasteiger partial charge in [-0.3, -0.25) is 11.5 Å². The molecule has 22 heavy (non-hydrogen) atoms. The molecule has 0 saturated heterocycles. The topological polar surface area (TPSA) is 70.5 Å². The highest BCUT2D eigenvalue weighted by Crippen LogP contribution is 2.39. The number of hydrogen-bond acceptors (Lipinski definition) is 4. The third-order valence-corrected chi connectivity index (χ3v) is 2.14. The molecule has 1 aromatic rings. The zero-order chi connectivity index (χ0) is 17.4. The summed E-state index contributed by atoms with van der Waals surface area (Å²) in [6.45, 7) is 0. The monoisotopic (exact) mass is 340 g/mol. The molecule has 2 atom stereocenters. The second kappa shape index (κ2) is 5.43. The van der Waals surface area contributed by atoms with Crippen LogP contribution < -0.4 is 20.9 Å². The van der Waals surface area contributed by atoms with Crippen LogP contribution in [0.2, 0.25) is 0 Å². The molecule has 4 nitrogen and oxygen atoms in total. The highest BCUT2D eigenvalue weighted by atomic mass is 19.4. The van der Waals surface area contributed by atoms with Gasteiger partial charge in [-0.2, -0.15) is 35.1 Å². The average Bonchev–Trinajstić information content (AvgIpc) is 2.28. The van der Waals surface area contributed by atoms with Gasteiger partial charge in [-0.05, 0) is 12.1 Å². The Balaban J connectivity index is 3.12. The molecule has 0 fully saturated rings. The summed E-state index contributed by atoms with van der Waals surface area (Å²) in [5.41, 5.74) is 8.46. The summed E-state index contributed by atoms with van der Waals surface area (Å²) in [5, 5.41) is 0. The summed E-state index contributed by atoms with van der Waals surface area (Å²) in [5.74, 6) is -11.9. The molecule has 12 heteroatoms. The lowest BCUT2D eigenvalue weighted by molar-refractivity contribution is -0.306. The van der Waals surface area contributed by atoms with E-state index in [-0.39, 0.29) is 0 Å². The number of halogens is 8. The Bertz CT molecular complexity index is 479. The van der Waals surface area contributed by atoms with Crippen molar-refractivity contribution in [3.05, 3.63) is 24.3 Å². The van der Waals surface area contributed by atoms with Gasteiger partial charge in [0.2, 0.25) is 0 Å². The van der Waals surface area contributed by atoms with Crippen LogP contribution in [0.15, 0.2) is 24.3 Å². The number of nitrogens with two attached hydrogens (primary N) is 2. The maximum atomic E-state index is 13.2. The van der Waals surface area contributed by atoms with E-state index in [2.05, 4.69) is 20.9 Å². The van der Waals surface area contributed by atoms with Gasteiger partial charge in [0.05, 0.1) is 0 Å². The van der Waals surface area contributed by atoms with Crippen molar-refractivity contribution in [1.82, 2.24) is 0 Å². The van der Waals surface area contributed by atoms with Gasteiger partial charge in [0.1, 0.15) is 0 Å². The van der Waals surface area contributed by atoms with Gasteiger partial charge in [0, 0.05) is 0 Å². The third kappa shape index (κ3) is 3.88. The molecule has 126 valence electrons. The van der Waals surface area contributed by atoms with Crippen LogP contribution in [0.5, 0.6) is 11.5 Å². The SMILES string of the molecule is NC(F)(Oc1ccccc1OC(N)(F)C(F)(F)F)C(F)(F)F. The zero-order valence-electron chi connectivity index (χ0n) is 10.3. The molecule has 0 bridgehead atoms. The second-order valence-electron chi connectivity index (χ2n) is 3.94. The Morgan fingerprint density at radius 3 is 1.14 bits per heavy atom. The maximum Gasteiger partial charge on any atom is 0.477 e. The number of alkyl halides is 8. The first-order valence-electron chi connectivity index (χ1n) is 5.23. The highest BCUT2D eigenvalue weighted by Gasteiger charge is 2.58. The number of benzene rings is 1. The largest absolute Gasteiger partial charge is 0.477 e. The molecule has 0 radical (unpaired) electrons. The first kappa shape index (κ1) is 18.2. The van der Waals surface area contributed by atoms with Crippen LogP contribution in [0.1, 0.15) is 0 Å². The molecular formula is C10H8F8N2O2. The minimum Gasteiger partial charge on any atom is -0.435 e. The molecule has 4 N–H and O–H groups in total. The second-order valence-corrected chi connectivity index (χ2v) is 3.94. The molecule has 0 heterocycles. The quantitative estimate of drug-likeness (QED) is 0.502. The maximum absolute atomic E-state index is 13.2. The normalized spacial score (nSPS) is 18.3. The summed E-state index contributed by atoms with van der Waals surface area (Å²) < 4.78 is 107. The molecule has 0 amide bonds. The molecule has 0 aliphatic heterocycles. The minimum absolute atomic E-state index is 0.578. The predicted molar refractivity (Wildman–Crippen MR) is 55.9 cm³/mol. The van der Waals surface area contributed by atoms with Crippen molar-refractivity contribution in [1.29, 1.82) is 0 Å². The van der Waals surface area contributed by atoms with Crippen molar-refractivity contribution in [2.45, 2.75) is 24.3 Å². The Kier molecular flexibility index (Phi) is 4.50. The molecule has 0 aromatic heterocycles. The van der Waals surface area contributed by atoms with Gasteiger partial charge >= 0.3 is 24.3 Å². The van der Waals surface area contributed by atoms with Gasteiger partial charge in [-0.1, -0.05) is 12.1 Å².